The summed E-state index contributed by atoms with van der Waals surface area (Å²) in [6.45, 7) is 1.37. The first kappa shape index (κ1) is 30.0. The summed E-state index contributed by atoms with van der Waals surface area (Å²) in [5.74, 6) is -4.11. The van der Waals surface area contributed by atoms with Gasteiger partial charge in [-0.2, -0.15) is 0 Å². The number of nitrogen functional groups attached to an aromatic ring is 1. The van der Waals surface area contributed by atoms with Gasteiger partial charge in [-0.05, 0) is 30.5 Å². The number of nitrogens with two attached hydrogens (primary N) is 1. The first-order valence-electron chi connectivity index (χ1n) is 12.2. The van der Waals surface area contributed by atoms with Crippen LogP contribution in [-0.2, 0) is 25.6 Å². The molecule has 1 aliphatic rings. The van der Waals surface area contributed by atoms with E-state index >= 15 is 0 Å². The molecule has 2 rings (SSSR count). The summed E-state index contributed by atoms with van der Waals surface area (Å²) in [5.41, 5.74) is 7.28. The highest BCUT2D eigenvalue weighted by Gasteiger charge is 2.28. The number of aliphatic carboxylic acids is 4. The lowest BCUT2D eigenvalue weighted by Crippen LogP contribution is -2.51. The van der Waals surface area contributed by atoms with Crippen LogP contribution in [0.15, 0.2) is 24.3 Å². The molecule has 37 heavy (non-hydrogen) atoms. The van der Waals surface area contributed by atoms with Crippen molar-refractivity contribution in [3.63, 3.8) is 0 Å². The molecule has 1 aromatic rings. The Morgan fingerprint density at radius 2 is 1.05 bits per heavy atom. The summed E-state index contributed by atoms with van der Waals surface area (Å²) < 4.78 is 0. The van der Waals surface area contributed by atoms with E-state index in [1.54, 1.807) is 31.7 Å². The van der Waals surface area contributed by atoms with Crippen LogP contribution in [0.3, 0.4) is 0 Å². The van der Waals surface area contributed by atoms with Crippen LogP contribution in [0, 0.1) is 0 Å². The maximum Gasteiger partial charge on any atom is 0.320 e. The van der Waals surface area contributed by atoms with Gasteiger partial charge in [-0.3, -0.25) is 38.8 Å². The van der Waals surface area contributed by atoms with Crippen molar-refractivity contribution >= 4 is 29.6 Å². The van der Waals surface area contributed by atoms with Crippen LogP contribution < -0.4 is 5.73 Å². The Hall–Kier alpha value is -3.26. The maximum absolute atomic E-state index is 12.3. The van der Waals surface area contributed by atoms with Gasteiger partial charge in [0.15, 0.2) is 0 Å². The van der Waals surface area contributed by atoms with E-state index in [1.807, 2.05) is 12.1 Å². The highest BCUT2D eigenvalue weighted by atomic mass is 16.4. The Morgan fingerprint density at radius 1 is 0.676 bits per heavy atom. The molecule has 0 saturated carbocycles. The van der Waals surface area contributed by atoms with Crippen LogP contribution in [0.2, 0.25) is 0 Å². The minimum Gasteiger partial charge on any atom is -0.480 e. The van der Waals surface area contributed by atoms with Gasteiger partial charge in [-0.15, -0.1) is 0 Å². The molecular formula is C24H37N5O8. The van der Waals surface area contributed by atoms with Crippen molar-refractivity contribution < 1.29 is 39.6 Å². The Kier molecular flexibility index (Phi) is 12.2. The molecule has 0 amide bonds. The van der Waals surface area contributed by atoms with E-state index in [0.29, 0.717) is 18.5 Å². The van der Waals surface area contributed by atoms with Gasteiger partial charge in [0.25, 0.3) is 0 Å². The van der Waals surface area contributed by atoms with Crippen molar-refractivity contribution in [2.24, 2.45) is 0 Å². The Bertz CT molecular complexity index is 881. The van der Waals surface area contributed by atoms with Gasteiger partial charge in [-0.1, -0.05) is 12.1 Å². The second-order valence-electron chi connectivity index (χ2n) is 9.18. The Labute approximate surface area is 215 Å². The van der Waals surface area contributed by atoms with Crippen LogP contribution >= 0.6 is 0 Å². The third kappa shape index (κ3) is 11.6. The predicted octanol–water partition coefficient (Wildman–Crippen LogP) is -0.870. The van der Waals surface area contributed by atoms with Crippen molar-refractivity contribution in [2.45, 2.75) is 18.9 Å². The maximum atomic E-state index is 12.3. The van der Waals surface area contributed by atoms with Crippen LogP contribution in [0.25, 0.3) is 0 Å². The second kappa shape index (κ2) is 15.1. The Balaban J connectivity index is 2.23. The van der Waals surface area contributed by atoms with Crippen molar-refractivity contribution in [3.8, 4) is 0 Å². The van der Waals surface area contributed by atoms with Gasteiger partial charge in [-0.25, -0.2) is 0 Å². The molecule has 1 unspecified atom stereocenters. The number of benzene rings is 1. The fourth-order valence-corrected chi connectivity index (χ4v) is 4.36. The van der Waals surface area contributed by atoms with Gasteiger partial charge < -0.3 is 26.2 Å². The molecule has 0 aliphatic carbocycles. The fraction of sp³-hybridized carbons (Fsp3) is 0.583. The number of hydrogen-bond donors (Lipinski definition) is 5. The lowest BCUT2D eigenvalue weighted by molar-refractivity contribution is -0.145. The number of nitrogens with zero attached hydrogens (tertiary/aromatic N) is 4. The third-order valence-electron chi connectivity index (χ3n) is 6.36. The average Bonchev–Trinajstić information content (AvgIpc) is 2.80. The van der Waals surface area contributed by atoms with Crippen molar-refractivity contribution in [3.05, 3.63) is 29.8 Å². The molecule has 1 aliphatic heterocycles. The van der Waals surface area contributed by atoms with Crippen molar-refractivity contribution in [1.29, 1.82) is 0 Å². The number of carboxylic acid groups (broad SMARTS) is 4. The van der Waals surface area contributed by atoms with Gasteiger partial charge in [0.05, 0.1) is 19.6 Å². The molecule has 0 spiro atoms. The highest BCUT2D eigenvalue weighted by Crippen LogP contribution is 2.14. The van der Waals surface area contributed by atoms with Crippen LogP contribution in [0.4, 0.5) is 5.69 Å². The molecule has 1 aromatic carbocycles. The minimum absolute atomic E-state index is 0.250. The molecule has 13 heteroatoms. The zero-order valence-electron chi connectivity index (χ0n) is 20.9. The summed E-state index contributed by atoms with van der Waals surface area (Å²) in [5, 5.41) is 38.0. The molecule has 1 atom stereocenters. The van der Waals surface area contributed by atoms with Crippen molar-refractivity contribution in [2.75, 3.05) is 77.7 Å². The standard InChI is InChI=1S/C24H37N5O8/c25-19-4-1-18(2-5-19)3-6-20(24(36)37)29-13-11-27(16-22(32)33)9-7-26(15-21(30)31)8-10-28(12-14-29)17-23(34)35/h1-2,4-5,20H,3,6-17,25H2,(H,30,31)(H,32,33)(H,34,35)(H,36,37). The van der Waals surface area contributed by atoms with Crippen LogP contribution in [0.5, 0.6) is 0 Å². The third-order valence-corrected chi connectivity index (χ3v) is 6.36. The number of hydrogen-bond acceptors (Lipinski definition) is 9. The molecule has 0 radical (unpaired) electrons. The summed E-state index contributed by atoms with van der Waals surface area (Å²) in [7, 11) is 0. The molecular weight excluding hydrogens is 486 g/mol. The van der Waals surface area contributed by atoms with E-state index in [9.17, 15) is 39.6 Å². The molecule has 1 fully saturated rings. The summed E-state index contributed by atoms with van der Waals surface area (Å²) >= 11 is 0. The number of anilines is 1. The van der Waals surface area contributed by atoms with E-state index in [2.05, 4.69) is 0 Å². The quantitative estimate of drug-likeness (QED) is 0.225. The number of aryl methyl sites for hydroxylation is 1. The minimum atomic E-state index is -1.03. The van der Waals surface area contributed by atoms with Gasteiger partial charge in [0.1, 0.15) is 6.04 Å². The monoisotopic (exact) mass is 523 g/mol. The summed E-state index contributed by atoms with van der Waals surface area (Å²) in [6, 6.07) is 6.33. The highest BCUT2D eigenvalue weighted by molar-refractivity contribution is 5.73. The smallest absolute Gasteiger partial charge is 0.320 e. The topological polar surface area (TPSA) is 188 Å². The molecule has 13 nitrogen and oxygen atoms in total. The Morgan fingerprint density at radius 3 is 1.41 bits per heavy atom. The molecule has 0 aromatic heterocycles. The zero-order chi connectivity index (χ0) is 27.4. The van der Waals surface area contributed by atoms with E-state index in [1.165, 1.54) is 0 Å². The normalized spacial score (nSPS) is 18.4. The van der Waals surface area contributed by atoms with Gasteiger partial charge >= 0.3 is 23.9 Å². The van der Waals surface area contributed by atoms with E-state index in [-0.39, 0.29) is 72.0 Å². The largest absolute Gasteiger partial charge is 0.480 e. The molecule has 206 valence electrons. The first-order valence-corrected chi connectivity index (χ1v) is 12.2. The SMILES string of the molecule is Nc1ccc(CCC(C(=O)O)N2CCN(CC(=O)O)CCN(CC(=O)O)CCN(CC(=O)O)CC2)cc1. The predicted molar refractivity (Wildman–Crippen MR) is 134 cm³/mol. The van der Waals surface area contributed by atoms with E-state index < -0.39 is 29.9 Å². The second-order valence-corrected chi connectivity index (χ2v) is 9.18. The summed E-state index contributed by atoms with van der Waals surface area (Å²) in [4.78, 5) is 53.2. The van der Waals surface area contributed by atoms with Crippen LogP contribution in [-0.4, -0.2) is 142 Å². The van der Waals surface area contributed by atoms with E-state index in [4.69, 9.17) is 5.73 Å². The van der Waals surface area contributed by atoms with Gasteiger partial charge in [0, 0.05) is 58.0 Å². The fourth-order valence-electron chi connectivity index (χ4n) is 4.36. The molecule has 1 saturated heterocycles. The van der Waals surface area contributed by atoms with Gasteiger partial charge in [0.2, 0.25) is 0 Å². The lowest BCUT2D eigenvalue weighted by Gasteiger charge is -2.35. The molecule has 1 heterocycles. The number of carbonyl (C=O) groups is 4. The number of rotatable bonds is 11. The molecule has 0 bridgehead atoms. The van der Waals surface area contributed by atoms with E-state index in [0.717, 1.165) is 5.56 Å². The average molecular weight is 524 g/mol. The molecule has 6 N–H and O–H groups in total. The zero-order valence-corrected chi connectivity index (χ0v) is 20.9. The van der Waals surface area contributed by atoms with Crippen molar-refractivity contribution in [1.82, 2.24) is 19.6 Å². The van der Waals surface area contributed by atoms with Crippen LogP contribution in [0.1, 0.15) is 12.0 Å². The number of carboxylic acids is 4. The summed E-state index contributed by atoms with van der Waals surface area (Å²) in [6.07, 6.45) is 0.805. The lowest BCUT2D eigenvalue weighted by atomic mass is 10.0. The first-order chi connectivity index (χ1) is 17.5.